The number of rotatable bonds is 9. The van der Waals surface area contributed by atoms with E-state index in [2.05, 4.69) is 10.2 Å². The lowest BCUT2D eigenvalue weighted by molar-refractivity contribution is -0.118. The molecule has 2 aromatic rings. The van der Waals surface area contributed by atoms with Gasteiger partial charge in [0, 0.05) is 42.5 Å². The Morgan fingerprint density at radius 3 is 2.68 bits per heavy atom. The number of carbonyl (C=O) groups excluding carboxylic acids is 2. The van der Waals surface area contributed by atoms with E-state index in [4.69, 9.17) is 9.47 Å². The molecule has 0 radical (unpaired) electrons. The summed E-state index contributed by atoms with van der Waals surface area (Å²) in [6.45, 7) is 1.63. The summed E-state index contributed by atoms with van der Waals surface area (Å²) in [5.74, 6) is 1.62. The van der Waals surface area contributed by atoms with Gasteiger partial charge in [-0.15, -0.1) is 0 Å². The molecule has 0 spiro atoms. The lowest BCUT2D eigenvalue weighted by Gasteiger charge is -2.23. The van der Waals surface area contributed by atoms with E-state index < -0.39 is 0 Å². The van der Waals surface area contributed by atoms with Gasteiger partial charge in [0.25, 0.3) is 0 Å². The van der Waals surface area contributed by atoms with Crippen LogP contribution in [0.1, 0.15) is 31.2 Å². The molecule has 164 valence electrons. The first-order valence-corrected chi connectivity index (χ1v) is 10.7. The molecule has 1 aliphatic heterocycles. The average Bonchev–Trinajstić information content (AvgIpc) is 3.53. The summed E-state index contributed by atoms with van der Waals surface area (Å²) in [5.41, 5.74) is 2.54. The highest BCUT2D eigenvalue weighted by atomic mass is 16.5. The second-order valence-corrected chi connectivity index (χ2v) is 8.06. The van der Waals surface area contributed by atoms with Crippen molar-refractivity contribution in [2.75, 3.05) is 37.5 Å². The Morgan fingerprint density at radius 2 is 2.00 bits per heavy atom. The van der Waals surface area contributed by atoms with Gasteiger partial charge in [-0.25, -0.2) is 0 Å². The standard InChI is InChI=1S/C24H29N3O4/c1-30-21-10-11-22(31-2)17(13-21)15-26(19-8-9-19)16-23(28)25-18-5-3-6-20(14-18)27-12-4-7-24(27)29/h3,5-6,10-11,13-14,19H,4,7-9,12,15-16H2,1-2H3,(H,25,28). The topological polar surface area (TPSA) is 71.1 Å². The molecule has 2 amide bonds. The average molecular weight is 424 g/mol. The van der Waals surface area contributed by atoms with Gasteiger partial charge in [0.1, 0.15) is 11.5 Å². The zero-order valence-corrected chi connectivity index (χ0v) is 18.1. The zero-order valence-electron chi connectivity index (χ0n) is 18.1. The maximum Gasteiger partial charge on any atom is 0.238 e. The van der Waals surface area contributed by atoms with Crippen molar-refractivity contribution in [3.05, 3.63) is 48.0 Å². The Morgan fingerprint density at radius 1 is 1.16 bits per heavy atom. The molecule has 1 aliphatic carbocycles. The summed E-state index contributed by atoms with van der Waals surface area (Å²) in [7, 11) is 3.29. The highest BCUT2D eigenvalue weighted by molar-refractivity contribution is 5.97. The highest BCUT2D eigenvalue weighted by Crippen LogP contribution is 2.32. The second kappa shape index (κ2) is 9.39. The molecule has 2 aliphatic rings. The SMILES string of the molecule is COc1ccc(OC)c(CN(CC(=O)Nc2cccc(N3CCCC3=O)c2)C2CC2)c1. The molecule has 2 fully saturated rings. The van der Waals surface area contributed by atoms with Crippen LogP contribution in [-0.4, -0.2) is 50.1 Å². The normalized spacial score (nSPS) is 16.0. The van der Waals surface area contributed by atoms with Gasteiger partial charge >= 0.3 is 0 Å². The molecule has 31 heavy (non-hydrogen) atoms. The molecule has 1 N–H and O–H groups in total. The van der Waals surface area contributed by atoms with Gasteiger partial charge in [-0.3, -0.25) is 14.5 Å². The van der Waals surface area contributed by atoms with E-state index in [0.29, 0.717) is 24.7 Å². The predicted molar refractivity (Wildman–Crippen MR) is 120 cm³/mol. The van der Waals surface area contributed by atoms with Crippen LogP contribution in [0.25, 0.3) is 0 Å². The molecule has 7 nitrogen and oxygen atoms in total. The first kappa shape index (κ1) is 21.2. The largest absolute Gasteiger partial charge is 0.497 e. The van der Waals surface area contributed by atoms with Crippen molar-refractivity contribution in [1.82, 2.24) is 4.90 Å². The Bertz CT molecular complexity index is 958. The molecule has 1 heterocycles. The summed E-state index contributed by atoms with van der Waals surface area (Å²) in [4.78, 5) is 28.8. The van der Waals surface area contributed by atoms with E-state index in [-0.39, 0.29) is 18.4 Å². The van der Waals surface area contributed by atoms with Crippen molar-refractivity contribution < 1.29 is 19.1 Å². The number of hydrogen-bond acceptors (Lipinski definition) is 5. The lowest BCUT2D eigenvalue weighted by atomic mass is 10.1. The monoisotopic (exact) mass is 423 g/mol. The minimum atomic E-state index is -0.0707. The van der Waals surface area contributed by atoms with Crippen LogP contribution < -0.4 is 19.7 Å². The van der Waals surface area contributed by atoms with Crippen LogP contribution in [0.4, 0.5) is 11.4 Å². The molecule has 0 bridgehead atoms. The van der Waals surface area contributed by atoms with E-state index in [9.17, 15) is 9.59 Å². The van der Waals surface area contributed by atoms with Crippen LogP contribution in [0.2, 0.25) is 0 Å². The third-order valence-electron chi connectivity index (χ3n) is 5.79. The van der Waals surface area contributed by atoms with Crippen molar-refractivity contribution in [3.8, 4) is 11.5 Å². The number of carbonyl (C=O) groups is 2. The van der Waals surface area contributed by atoms with Gasteiger partial charge in [-0.05, 0) is 55.7 Å². The molecule has 4 rings (SSSR count). The van der Waals surface area contributed by atoms with Crippen LogP contribution in [0, 0.1) is 0 Å². The Kier molecular flexibility index (Phi) is 6.42. The first-order chi connectivity index (χ1) is 15.1. The van der Waals surface area contributed by atoms with Crippen molar-refractivity contribution >= 4 is 23.2 Å². The molecule has 0 atom stereocenters. The fraction of sp³-hybridized carbons (Fsp3) is 0.417. The van der Waals surface area contributed by atoms with Crippen molar-refractivity contribution in [1.29, 1.82) is 0 Å². The molecule has 7 heteroatoms. The fourth-order valence-corrected chi connectivity index (χ4v) is 4.04. The summed E-state index contributed by atoms with van der Waals surface area (Å²) in [6.07, 6.45) is 3.64. The van der Waals surface area contributed by atoms with Crippen molar-refractivity contribution in [2.45, 2.75) is 38.3 Å². The van der Waals surface area contributed by atoms with Crippen LogP contribution in [-0.2, 0) is 16.1 Å². The number of methoxy groups -OCH3 is 2. The minimum absolute atomic E-state index is 0.0707. The molecule has 0 aromatic heterocycles. The minimum Gasteiger partial charge on any atom is -0.497 e. The van der Waals surface area contributed by atoms with E-state index in [0.717, 1.165) is 48.6 Å². The number of hydrogen-bond donors (Lipinski definition) is 1. The van der Waals surface area contributed by atoms with Crippen LogP contribution in [0.15, 0.2) is 42.5 Å². The third kappa shape index (κ3) is 5.17. The summed E-state index contributed by atoms with van der Waals surface area (Å²) >= 11 is 0. The molecular weight excluding hydrogens is 394 g/mol. The molecular formula is C24H29N3O4. The number of amides is 2. The summed E-state index contributed by atoms with van der Waals surface area (Å²) in [5, 5.41) is 3.00. The van der Waals surface area contributed by atoms with E-state index in [1.807, 2.05) is 42.5 Å². The smallest absolute Gasteiger partial charge is 0.238 e. The maximum atomic E-state index is 12.8. The molecule has 1 saturated heterocycles. The van der Waals surface area contributed by atoms with Crippen molar-refractivity contribution in [3.63, 3.8) is 0 Å². The van der Waals surface area contributed by atoms with Gasteiger partial charge in [0.15, 0.2) is 0 Å². The maximum absolute atomic E-state index is 12.8. The van der Waals surface area contributed by atoms with Gasteiger partial charge < -0.3 is 19.7 Å². The van der Waals surface area contributed by atoms with Crippen LogP contribution >= 0.6 is 0 Å². The summed E-state index contributed by atoms with van der Waals surface area (Å²) in [6, 6.07) is 13.6. The highest BCUT2D eigenvalue weighted by Gasteiger charge is 2.31. The fourth-order valence-electron chi connectivity index (χ4n) is 4.04. The first-order valence-electron chi connectivity index (χ1n) is 10.7. The lowest BCUT2D eigenvalue weighted by Crippen LogP contribution is -2.34. The number of ether oxygens (including phenoxy) is 2. The van der Waals surface area contributed by atoms with E-state index >= 15 is 0 Å². The Hall–Kier alpha value is -3.06. The molecule has 0 unspecified atom stereocenters. The Balaban J connectivity index is 1.43. The van der Waals surface area contributed by atoms with Gasteiger partial charge in [-0.1, -0.05) is 6.07 Å². The predicted octanol–water partition coefficient (Wildman–Crippen LogP) is 3.43. The third-order valence-corrected chi connectivity index (χ3v) is 5.79. The number of nitrogens with zero attached hydrogens (tertiary/aromatic N) is 2. The van der Waals surface area contributed by atoms with Crippen molar-refractivity contribution in [2.24, 2.45) is 0 Å². The molecule has 2 aromatic carbocycles. The quantitative estimate of drug-likeness (QED) is 0.669. The number of benzene rings is 2. The van der Waals surface area contributed by atoms with Gasteiger partial charge in [0.2, 0.25) is 11.8 Å². The van der Waals surface area contributed by atoms with E-state index in [1.165, 1.54) is 0 Å². The second-order valence-electron chi connectivity index (χ2n) is 8.06. The number of nitrogens with one attached hydrogen (secondary N) is 1. The Labute approximate surface area is 182 Å². The summed E-state index contributed by atoms with van der Waals surface area (Å²) < 4.78 is 10.9. The van der Waals surface area contributed by atoms with Gasteiger partial charge in [0.05, 0.1) is 20.8 Å². The van der Waals surface area contributed by atoms with Gasteiger partial charge in [-0.2, -0.15) is 0 Å². The zero-order chi connectivity index (χ0) is 21.8. The number of anilines is 2. The van der Waals surface area contributed by atoms with E-state index in [1.54, 1.807) is 19.1 Å². The van der Waals surface area contributed by atoms with Crippen LogP contribution in [0.5, 0.6) is 11.5 Å². The van der Waals surface area contributed by atoms with Crippen LogP contribution in [0.3, 0.4) is 0 Å². The molecule has 1 saturated carbocycles.